The van der Waals surface area contributed by atoms with Crippen molar-refractivity contribution in [1.82, 2.24) is 4.98 Å². The maximum atomic E-state index is 11.1. The first-order chi connectivity index (χ1) is 6.92. The van der Waals surface area contributed by atoms with Gasteiger partial charge in [-0.25, -0.2) is 9.78 Å². The number of thioether (sulfide) groups is 1. The Morgan fingerprint density at radius 1 is 1.40 bits per heavy atom. The zero-order valence-electron chi connectivity index (χ0n) is 9.40. The van der Waals surface area contributed by atoms with Crippen LogP contribution in [-0.2, 0) is 4.74 Å². The van der Waals surface area contributed by atoms with Crippen molar-refractivity contribution in [3.8, 4) is 0 Å². The molecule has 0 aliphatic carbocycles. The molecule has 0 spiro atoms. The van der Waals surface area contributed by atoms with Crippen LogP contribution in [0.2, 0.25) is 0 Å². The molecule has 15 heavy (non-hydrogen) atoms. The highest BCUT2D eigenvalue weighted by Crippen LogP contribution is 2.30. The molecule has 0 aromatic carbocycles. The molecule has 1 rings (SSSR count). The number of pyridine rings is 1. The second kappa shape index (κ2) is 4.66. The Balaban J connectivity index is 2.77. The predicted molar refractivity (Wildman–Crippen MR) is 61.2 cm³/mol. The van der Waals surface area contributed by atoms with Gasteiger partial charge in [0.15, 0.2) is 0 Å². The molecule has 0 aliphatic rings. The minimum absolute atomic E-state index is 0.125. The Hall–Kier alpha value is -1.03. The van der Waals surface area contributed by atoms with Crippen molar-refractivity contribution < 1.29 is 9.53 Å². The quantitative estimate of drug-likeness (QED) is 0.573. The number of aromatic nitrogens is 1. The number of nitrogens with zero attached hydrogens (tertiary/aromatic N) is 1. The first-order valence-electron chi connectivity index (χ1n) is 4.66. The van der Waals surface area contributed by atoms with Crippen molar-refractivity contribution in [2.45, 2.75) is 30.5 Å². The van der Waals surface area contributed by atoms with Gasteiger partial charge >= 0.3 is 5.97 Å². The standard InChI is InChI=1S/C11H15NO2S/c1-11(2,3)15-9-6-5-8(7-12-9)10(13)14-4/h5-7H,1-4H3. The summed E-state index contributed by atoms with van der Waals surface area (Å²) in [5.74, 6) is -0.352. The third kappa shape index (κ3) is 3.91. The fraction of sp³-hybridized carbons (Fsp3) is 0.455. The summed E-state index contributed by atoms with van der Waals surface area (Å²) in [5.41, 5.74) is 0.482. The molecule has 0 atom stereocenters. The van der Waals surface area contributed by atoms with Gasteiger partial charge in [-0.15, -0.1) is 11.8 Å². The van der Waals surface area contributed by atoms with Crippen LogP contribution in [0.1, 0.15) is 31.1 Å². The molecule has 1 aromatic rings. The fourth-order valence-electron chi connectivity index (χ4n) is 0.993. The molecule has 4 heteroatoms. The topological polar surface area (TPSA) is 39.2 Å². The predicted octanol–water partition coefficient (Wildman–Crippen LogP) is 2.76. The van der Waals surface area contributed by atoms with E-state index in [1.165, 1.54) is 7.11 Å². The lowest BCUT2D eigenvalue weighted by atomic mass is 10.3. The van der Waals surface area contributed by atoms with Gasteiger partial charge < -0.3 is 4.74 Å². The molecule has 3 nitrogen and oxygen atoms in total. The zero-order valence-corrected chi connectivity index (χ0v) is 10.2. The van der Waals surface area contributed by atoms with Crippen molar-refractivity contribution in [3.63, 3.8) is 0 Å². The number of methoxy groups -OCH3 is 1. The van der Waals surface area contributed by atoms with Gasteiger partial charge in [0.25, 0.3) is 0 Å². The molecule has 0 fully saturated rings. The number of esters is 1. The van der Waals surface area contributed by atoms with Crippen molar-refractivity contribution in [1.29, 1.82) is 0 Å². The lowest BCUT2D eigenvalue weighted by molar-refractivity contribution is 0.0600. The minimum Gasteiger partial charge on any atom is -0.465 e. The molecule has 0 unspecified atom stereocenters. The van der Waals surface area contributed by atoms with Gasteiger partial charge in [-0.3, -0.25) is 0 Å². The van der Waals surface area contributed by atoms with Crippen LogP contribution in [0.3, 0.4) is 0 Å². The van der Waals surface area contributed by atoms with Crippen molar-refractivity contribution >= 4 is 17.7 Å². The van der Waals surface area contributed by atoms with Gasteiger partial charge in [-0.1, -0.05) is 20.8 Å². The van der Waals surface area contributed by atoms with E-state index in [1.54, 1.807) is 24.0 Å². The van der Waals surface area contributed by atoms with Gasteiger partial charge in [-0.05, 0) is 12.1 Å². The van der Waals surface area contributed by atoms with E-state index in [0.717, 1.165) is 5.03 Å². The number of carbonyl (C=O) groups excluding carboxylic acids is 1. The Morgan fingerprint density at radius 2 is 2.07 bits per heavy atom. The molecule has 0 bridgehead atoms. The number of ether oxygens (including phenoxy) is 1. The van der Waals surface area contributed by atoms with Gasteiger partial charge in [0.05, 0.1) is 17.7 Å². The van der Waals surface area contributed by atoms with Gasteiger partial charge in [-0.2, -0.15) is 0 Å². The number of carbonyl (C=O) groups is 1. The zero-order chi connectivity index (χ0) is 11.5. The molecule has 0 aliphatic heterocycles. The SMILES string of the molecule is COC(=O)c1ccc(SC(C)(C)C)nc1. The van der Waals surface area contributed by atoms with Crippen molar-refractivity contribution in [2.75, 3.05) is 7.11 Å². The van der Waals surface area contributed by atoms with Gasteiger partial charge in [0.2, 0.25) is 0 Å². The highest BCUT2D eigenvalue weighted by molar-refractivity contribution is 8.00. The number of hydrogen-bond donors (Lipinski definition) is 0. The highest BCUT2D eigenvalue weighted by atomic mass is 32.2. The first kappa shape index (κ1) is 12.0. The Bertz CT molecular complexity index is 341. The van der Waals surface area contributed by atoms with Crippen LogP contribution in [0, 0.1) is 0 Å². The monoisotopic (exact) mass is 225 g/mol. The average molecular weight is 225 g/mol. The van der Waals surface area contributed by atoms with E-state index in [9.17, 15) is 4.79 Å². The molecule has 0 saturated heterocycles. The second-order valence-electron chi connectivity index (χ2n) is 4.09. The molecular weight excluding hydrogens is 210 g/mol. The van der Waals surface area contributed by atoms with Crippen LogP contribution in [0.5, 0.6) is 0 Å². The summed E-state index contributed by atoms with van der Waals surface area (Å²) in [4.78, 5) is 15.3. The van der Waals surface area contributed by atoms with Crippen LogP contribution in [0.25, 0.3) is 0 Å². The van der Waals surface area contributed by atoms with E-state index in [-0.39, 0.29) is 10.7 Å². The van der Waals surface area contributed by atoms with Crippen LogP contribution in [-0.4, -0.2) is 22.8 Å². The molecule has 82 valence electrons. The molecular formula is C11H15NO2S. The smallest absolute Gasteiger partial charge is 0.339 e. The average Bonchev–Trinajstić information content (AvgIpc) is 2.15. The third-order valence-electron chi connectivity index (χ3n) is 1.57. The number of rotatable bonds is 2. The normalized spacial score (nSPS) is 11.2. The first-order valence-corrected chi connectivity index (χ1v) is 5.47. The largest absolute Gasteiger partial charge is 0.465 e. The van der Waals surface area contributed by atoms with E-state index in [2.05, 4.69) is 30.5 Å². The van der Waals surface area contributed by atoms with Crippen LogP contribution in [0.4, 0.5) is 0 Å². The van der Waals surface area contributed by atoms with Crippen LogP contribution in [0.15, 0.2) is 23.4 Å². The third-order valence-corrected chi connectivity index (χ3v) is 2.63. The summed E-state index contributed by atoms with van der Waals surface area (Å²) in [6, 6.07) is 3.56. The molecule has 1 heterocycles. The fourth-order valence-corrected chi connectivity index (χ4v) is 1.86. The van der Waals surface area contributed by atoms with E-state index >= 15 is 0 Å². The number of hydrogen-bond acceptors (Lipinski definition) is 4. The van der Waals surface area contributed by atoms with Gasteiger partial charge in [0, 0.05) is 10.9 Å². The van der Waals surface area contributed by atoms with Crippen LogP contribution < -0.4 is 0 Å². The molecule has 0 saturated carbocycles. The van der Waals surface area contributed by atoms with Gasteiger partial charge in [0.1, 0.15) is 0 Å². The van der Waals surface area contributed by atoms with E-state index in [0.29, 0.717) is 5.56 Å². The minimum atomic E-state index is -0.352. The summed E-state index contributed by atoms with van der Waals surface area (Å²) in [6.07, 6.45) is 1.54. The lowest BCUT2D eigenvalue weighted by Crippen LogP contribution is -2.08. The second-order valence-corrected chi connectivity index (χ2v) is 5.94. The molecule has 0 amide bonds. The molecule has 0 radical (unpaired) electrons. The summed E-state index contributed by atoms with van der Waals surface area (Å²) in [5, 5.41) is 0.912. The van der Waals surface area contributed by atoms with Crippen molar-refractivity contribution in [2.24, 2.45) is 0 Å². The van der Waals surface area contributed by atoms with Crippen molar-refractivity contribution in [3.05, 3.63) is 23.9 Å². The van der Waals surface area contributed by atoms with E-state index in [4.69, 9.17) is 0 Å². The Labute approximate surface area is 94.2 Å². The van der Waals surface area contributed by atoms with E-state index in [1.807, 2.05) is 6.07 Å². The summed E-state index contributed by atoms with van der Waals surface area (Å²) < 4.78 is 4.72. The maximum Gasteiger partial charge on any atom is 0.339 e. The summed E-state index contributed by atoms with van der Waals surface area (Å²) in [6.45, 7) is 6.36. The Morgan fingerprint density at radius 3 is 2.47 bits per heavy atom. The summed E-state index contributed by atoms with van der Waals surface area (Å²) >= 11 is 1.67. The maximum absolute atomic E-state index is 11.1. The highest BCUT2D eigenvalue weighted by Gasteiger charge is 2.13. The van der Waals surface area contributed by atoms with Crippen LogP contribution >= 0.6 is 11.8 Å². The molecule has 1 aromatic heterocycles. The molecule has 0 N–H and O–H groups in total. The van der Waals surface area contributed by atoms with E-state index < -0.39 is 0 Å². The lowest BCUT2D eigenvalue weighted by Gasteiger charge is -2.16. The summed E-state index contributed by atoms with van der Waals surface area (Å²) in [7, 11) is 1.36. The Kier molecular flexibility index (Phi) is 3.74.